The monoisotopic (exact) mass is 400 g/mol. The number of fused-ring (bicyclic) bond motifs is 3. The lowest BCUT2D eigenvalue weighted by molar-refractivity contribution is 0.293. The Morgan fingerprint density at radius 3 is 2.47 bits per heavy atom. The Balaban J connectivity index is 1.55. The van der Waals surface area contributed by atoms with E-state index in [9.17, 15) is 0 Å². The number of benzene rings is 2. The molecule has 0 amide bonds. The Hall–Kier alpha value is -3.02. The highest BCUT2D eigenvalue weighted by Gasteiger charge is 2.12. The predicted molar refractivity (Wildman–Crippen MR) is 124 cm³/mol. The molecule has 0 aliphatic heterocycles. The van der Waals surface area contributed by atoms with Gasteiger partial charge in [-0.15, -0.1) is 0 Å². The fraction of sp³-hybridized carbons (Fsp3) is 0.280. The molecule has 4 aromatic rings. The number of aryl methyl sites for hydroxylation is 3. The van der Waals surface area contributed by atoms with Crippen molar-refractivity contribution in [1.82, 2.24) is 15.3 Å². The van der Waals surface area contributed by atoms with Gasteiger partial charge in [0.2, 0.25) is 0 Å². The third-order valence-electron chi connectivity index (χ3n) is 5.53. The minimum Gasteiger partial charge on any atom is -0.395 e. The first-order valence-corrected chi connectivity index (χ1v) is 10.5. The summed E-state index contributed by atoms with van der Waals surface area (Å²) >= 11 is 0. The summed E-state index contributed by atoms with van der Waals surface area (Å²) in [6.07, 6.45) is 4.67. The largest absolute Gasteiger partial charge is 0.395 e. The summed E-state index contributed by atoms with van der Waals surface area (Å²) in [7, 11) is 0. The Labute approximate surface area is 177 Å². The summed E-state index contributed by atoms with van der Waals surface area (Å²) in [4.78, 5) is 9.08. The number of rotatable bonds is 8. The van der Waals surface area contributed by atoms with E-state index in [4.69, 9.17) is 10.8 Å². The first-order chi connectivity index (χ1) is 14.7. The fourth-order valence-electron chi connectivity index (χ4n) is 3.92. The number of nitrogen functional groups attached to an aromatic ring is 1. The molecule has 0 saturated heterocycles. The second-order valence-corrected chi connectivity index (χ2v) is 7.75. The van der Waals surface area contributed by atoms with Crippen LogP contribution in [0.15, 0.2) is 54.7 Å². The van der Waals surface area contributed by atoms with Crippen molar-refractivity contribution in [2.24, 2.45) is 0 Å². The molecular weight excluding hydrogens is 372 g/mol. The first kappa shape index (κ1) is 20.3. The molecule has 0 bridgehead atoms. The second kappa shape index (κ2) is 9.20. The Morgan fingerprint density at radius 2 is 1.70 bits per heavy atom. The van der Waals surface area contributed by atoms with Crippen molar-refractivity contribution < 1.29 is 5.11 Å². The molecule has 0 aliphatic carbocycles. The van der Waals surface area contributed by atoms with Gasteiger partial charge < -0.3 is 16.2 Å². The normalized spacial score (nSPS) is 11.4. The maximum absolute atomic E-state index is 8.83. The van der Waals surface area contributed by atoms with Crippen molar-refractivity contribution in [3.63, 3.8) is 0 Å². The fourth-order valence-corrected chi connectivity index (χ4v) is 3.92. The number of anilines is 1. The molecule has 4 rings (SSSR count). The van der Waals surface area contributed by atoms with E-state index in [0.29, 0.717) is 12.4 Å². The Bertz CT molecular complexity index is 1160. The standard InChI is InChI=1S/C25H28N4O/c1-17-2-9-21-22(16-17)29-25(26)24-23(21)20(11-13-28-24)8-7-18-3-5-19(6-4-18)10-12-27-14-15-30/h2-6,9,11,13,16,27,30H,7-8,10,12,14-15H2,1H3,(H2,26,29). The summed E-state index contributed by atoms with van der Waals surface area (Å²) in [5.74, 6) is 0.490. The quantitative estimate of drug-likeness (QED) is 0.311. The van der Waals surface area contributed by atoms with Gasteiger partial charge in [0.25, 0.3) is 0 Å². The zero-order valence-corrected chi connectivity index (χ0v) is 17.4. The van der Waals surface area contributed by atoms with Crippen LogP contribution in [0.1, 0.15) is 22.3 Å². The van der Waals surface area contributed by atoms with Crippen molar-refractivity contribution >= 4 is 27.6 Å². The number of nitrogens with zero attached hydrogens (tertiary/aromatic N) is 2. The predicted octanol–water partition coefficient (Wildman–Crippen LogP) is 3.58. The smallest absolute Gasteiger partial charge is 0.150 e. The molecule has 4 N–H and O–H groups in total. The van der Waals surface area contributed by atoms with Crippen LogP contribution in [0.5, 0.6) is 0 Å². The number of pyridine rings is 2. The molecule has 5 heteroatoms. The van der Waals surface area contributed by atoms with E-state index in [-0.39, 0.29) is 6.61 Å². The SMILES string of the molecule is Cc1ccc2c(c1)nc(N)c1nccc(CCc3ccc(CCNCCO)cc3)c12. The molecule has 0 aliphatic rings. The van der Waals surface area contributed by atoms with Crippen molar-refractivity contribution in [2.45, 2.75) is 26.2 Å². The number of aliphatic hydroxyl groups is 1. The van der Waals surface area contributed by atoms with Gasteiger partial charge in [-0.3, -0.25) is 4.98 Å². The maximum Gasteiger partial charge on any atom is 0.150 e. The third kappa shape index (κ3) is 4.42. The average molecular weight is 401 g/mol. The molecule has 0 atom stereocenters. The molecule has 5 nitrogen and oxygen atoms in total. The van der Waals surface area contributed by atoms with Gasteiger partial charge >= 0.3 is 0 Å². The van der Waals surface area contributed by atoms with Crippen LogP contribution in [0.3, 0.4) is 0 Å². The topological polar surface area (TPSA) is 84.1 Å². The van der Waals surface area contributed by atoms with E-state index in [1.54, 1.807) is 0 Å². The number of hydrogen-bond acceptors (Lipinski definition) is 5. The molecule has 0 fully saturated rings. The van der Waals surface area contributed by atoms with Crippen molar-refractivity contribution in [2.75, 3.05) is 25.4 Å². The lowest BCUT2D eigenvalue weighted by Gasteiger charge is -2.11. The van der Waals surface area contributed by atoms with Gasteiger partial charge in [0.1, 0.15) is 5.52 Å². The van der Waals surface area contributed by atoms with Crippen LogP contribution >= 0.6 is 0 Å². The summed E-state index contributed by atoms with van der Waals surface area (Å²) in [5.41, 5.74) is 13.0. The highest BCUT2D eigenvalue weighted by atomic mass is 16.3. The first-order valence-electron chi connectivity index (χ1n) is 10.5. The van der Waals surface area contributed by atoms with Crippen LogP contribution in [-0.4, -0.2) is 34.8 Å². The summed E-state index contributed by atoms with van der Waals surface area (Å²) in [6.45, 7) is 3.77. The Kier molecular flexibility index (Phi) is 6.21. The van der Waals surface area contributed by atoms with Gasteiger partial charge in [-0.25, -0.2) is 4.98 Å². The number of aliphatic hydroxyl groups excluding tert-OH is 1. The molecule has 0 radical (unpaired) electrons. The number of aromatic nitrogens is 2. The molecular formula is C25H28N4O. The number of nitrogens with two attached hydrogens (primary N) is 1. The molecule has 30 heavy (non-hydrogen) atoms. The average Bonchev–Trinajstić information content (AvgIpc) is 2.76. The summed E-state index contributed by atoms with van der Waals surface area (Å²) < 4.78 is 0. The van der Waals surface area contributed by atoms with Gasteiger partial charge in [0.15, 0.2) is 5.82 Å². The Morgan fingerprint density at radius 1 is 0.933 bits per heavy atom. The van der Waals surface area contributed by atoms with E-state index < -0.39 is 0 Å². The van der Waals surface area contributed by atoms with Crippen LogP contribution in [0.2, 0.25) is 0 Å². The van der Waals surface area contributed by atoms with Gasteiger partial charge in [0, 0.05) is 23.5 Å². The highest BCUT2D eigenvalue weighted by Crippen LogP contribution is 2.30. The van der Waals surface area contributed by atoms with E-state index in [1.807, 2.05) is 6.20 Å². The summed E-state index contributed by atoms with van der Waals surface area (Å²) in [5, 5.41) is 14.3. The molecule has 2 aromatic heterocycles. The highest BCUT2D eigenvalue weighted by molar-refractivity contribution is 6.09. The molecule has 154 valence electrons. The van der Waals surface area contributed by atoms with Crippen LogP contribution in [0, 0.1) is 6.92 Å². The van der Waals surface area contributed by atoms with Gasteiger partial charge in [-0.1, -0.05) is 36.4 Å². The van der Waals surface area contributed by atoms with E-state index >= 15 is 0 Å². The molecule has 0 saturated carbocycles. The minimum absolute atomic E-state index is 0.180. The van der Waals surface area contributed by atoms with Gasteiger partial charge in [-0.05, 0) is 67.1 Å². The number of hydrogen-bond donors (Lipinski definition) is 3. The van der Waals surface area contributed by atoms with Crippen LogP contribution in [-0.2, 0) is 19.3 Å². The van der Waals surface area contributed by atoms with Crippen molar-refractivity contribution in [3.05, 3.63) is 77.0 Å². The van der Waals surface area contributed by atoms with Crippen molar-refractivity contribution in [1.29, 1.82) is 0 Å². The van der Waals surface area contributed by atoms with Gasteiger partial charge in [-0.2, -0.15) is 0 Å². The molecule has 0 spiro atoms. The molecule has 2 aromatic carbocycles. The molecule has 2 heterocycles. The lowest BCUT2D eigenvalue weighted by atomic mass is 9.97. The zero-order valence-electron chi connectivity index (χ0n) is 17.4. The van der Waals surface area contributed by atoms with E-state index in [0.717, 1.165) is 47.6 Å². The lowest BCUT2D eigenvalue weighted by Crippen LogP contribution is -2.20. The molecule has 0 unspecified atom stereocenters. The third-order valence-corrected chi connectivity index (χ3v) is 5.53. The van der Waals surface area contributed by atoms with E-state index in [2.05, 4.69) is 70.7 Å². The van der Waals surface area contributed by atoms with Crippen LogP contribution in [0.4, 0.5) is 5.82 Å². The van der Waals surface area contributed by atoms with E-state index in [1.165, 1.54) is 22.3 Å². The maximum atomic E-state index is 8.83. The minimum atomic E-state index is 0.180. The number of nitrogens with one attached hydrogen (secondary N) is 1. The van der Waals surface area contributed by atoms with Crippen LogP contribution < -0.4 is 11.1 Å². The second-order valence-electron chi connectivity index (χ2n) is 7.75. The zero-order chi connectivity index (χ0) is 20.9. The summed E-state index contributed by atoms with van der Waals surface area (Å²) in [6, 6.07) is 17.2. The van der Waals surface area contributed by atoms with Gasteiger partial charge in [0.05, 0.1) is 12.1 Å². The van der Waals surface area contributed by atoms with Crippen LogP contribution in [0.25, 0.3) is 21.8 Å². The van der Waals surface area contributed by atoms with Crippen molar-refractivity contribution in [3.8, 4) is 0 Å².